The molecule has 1 aliphatic rings. The molecule has 32 heavy (non-hydrogen) atoms. The van der Waals surface area contributed by atoms with Gasteiger partial charge in [-0.2, -0.15) is 5.26 Å². The molecule has 2 unspecified atom stereocenters. The van der Waals surface area contributed by atoms with Crippen molar-refractivity contribution in [2.75, 3.05) is 7.11 Å². The Kier molecular flexibility index (Phi) is 7.61. The predicted molar refractivity (Wildman–Crippen MR) is 118 cm³/mol. The molecule has 0 saturated heterocycles. The van der Waals surface area contributed by atoms with E-state index in [1.807, 2.05) is 6.07 Å². The van der Waals surface area contributed by atoms with Crippen LogP contribution in [0.15, 0.2) is 48.0 Å². The number of hydrogen-bond acceptors (Lipinski definition) is 5. The minimum absolute atomic E-state index is 0.0269. The van der Waals surface area contributed by atoms with Gasteiger partial charge in [-0.1, -0.05) is 38.0 Å². The molecule has 2 atom stereocenters. The van der Waals surface area contributed by atoms with Crippen LogP contribution in [0.1, 0.15) is 48.5 Å². The van der Waals surface area contributed by atoms with Crippen LogP contribution in [0.2, 0.25) is 0 Å². The van der Waals surface area contributed by atoms with E-state index < -0.39 is 17.7 Å². The standard InChI is InChI=1S/C25H25FN2O4/c1-16-7-3-6-10-21(16)28-24(29)18(15-27)13-17-11-12-22(23(14-17)31-2)32-25(30)19-8-4-5-9-20(19)26/h4-5,8-9,11-14,16,21H,3,6-7,10H2,1-2H3,(H,28,29)/b18-13+. The molecule has 0 heterocycles. The molecule has 3 rings (SSSR count). The zero-order valence-electron chi connectivity index (χ0n) is 18.1. The molecule has 1 N–H and O–H groups in total. The first-order chi connectivity index (χ1) is 15.4. The molecular weight excluding hydrogens is 411 g/mol. The molecule has 6 nitrogen and oxygen atoms in total. The van der Waals surface area contributed by atoms with Crippen molar-refractivity contribution in [1.82, 2.24) is 5.32 Å². The SMILES string of the molecule is COc1cc(/C=C(\C#N)C(=O)NC2CCCCC2C)ccc1OC(=O)c1ccccc1F. The fourth-order valence-corrected chi connectivity index (χ4v) is 3.73. The Hall–Kier alpha value is -3.66. The maximum atomic E-state index is 13.8. The quantitative estimate of drug-likeness (QED) is 0.308. The lowest BCUT2D eigenvalue weighted by Crippen LogP contribution is -2.41. The number of esters is 1. The van der Waals surface area contributed by atoms with E-state index in [1.54, 1.807) is 6.07 Å². The highest BCUT2D eigenvalue weighted by Crippen LogP contribution is 2.30. The third-order valence-electron chi connectivity index (χ3n) is 5.59. The minimum atomic E-state index is -0.858. The van der Waals surface area contributed by atoms with Crippen molar-refractivity contribution in [2.45, 2.75) is 38.6 Å². The summed E-state index contributed by atoms with van der Waals surface area (Å²) in [5.41, 5.74) is 0.302. The fraction of sp³-hybridized carbons (Fsp3) is 0.320. The Morgan fingerprint density at radius 2 is 1.91 bits per heavy atom. The van der Waals surface area contributed by atoms with Gasteiger partial charge in [0.2, 0.25) is 0 Å². The minimum Gasteiger partial charge on any atom is -0.493 e. The van der Waals surface area contributed by atoms with Crippen LogP contribution < -0.4 is 14.8 Å². The number of methoxy groups -OCH3 is 1. The van der Waals surface area contributed by atoms with Gasteiger partial charge in [0.1, 0.15) is 17.5 Å². The molecule has 2 aromatic rings. The Bertz CT molecular complexity index is 1070. The van der Waals surface area contributed by atoms with Crippen molar-refractivity contribution in [3.05, 3.63) is 65.0 Å². The van der Waals surface area contributed by atoms with Crippen LogP contribution in [0.3, 0.4) is 0 Å². The van der Waals surface area contributed by atoms with Gasteiger partial charge in [-0.05, 0) is 54.7 Å². The van der Waals surface area contributed by atoms with Gasteiger partial charge in [0.25, 0.3) is 5.91 Å². The number of carbonyl (C=O) groups is 2. The van der Waals surface area contributed by atoms with Crippen LogP contribution in [0.4, 0.5) is 4.39 Å². The number of nitrogens with zero attached hydrogens (tertiary/aromatic N) is 1. The number of ether oxygens (including phenoxy) is 2. The van der Waals surface area contributed by atoms with E-state index in [2.05, 4.69) is 12.2 Å². The van der Waals surface area contributed by atoms with E-state index in [1.165, 1.54) is 49.6 Å². The number of halogens is 1. The Balaban J connectivity index is 1.77. The molecular formula is C25H25FN2O4. The van der Waals surface area contributed by atoms with Crippen molar-refractivity contribution >= 4 is 18.0 Å². The highest BCUT2D eigenvalue weighted by molar-refractivity contribution is 6.02. The summed E-state index contributed by atoms with van der Waals surface area (Å²) < 4.78 is 24.4. The lowest BCUT2D eigenvalue weighted by molar-refractivity contribution is -0.118. The maximum Gasteiger partial charge on any atom is 0.346 e. The van der Waals surface area contributed by atoms with E-state index in [-0.39, 0.29) is 28.7 Å². The molecule has 1 amide bonds. The molecule has 166 valence electrons. The van der Waals surface area contributed by atoms with Crippen LogP contribution in [0.25, 0.3) is 6.08 Å². The predicted octanol–water partition coefficient (Wildman–Crippen LogP) is 4.66. The Morgan fingerprint density at radius 3 is 2.59 bits per heavy atom. The highest BCUT2D eigenvalue weighted by atomic mass is 19.1. The van der Waals surface area contributed by atoms with E-state index >= 15 is 0 Å². The summed E-state index contributed by atoms with van der Waals surface area (Å²) in [4.78, 5) is 24.9. The average molecular weight is 436 g/mol. The second kappa shape index (κ2) is 10.6. The normalized spacial score (nSPS) is 18.4. The summed E-state index contributed by atoms with van der Waals surface area (Å²) in [6.07, 6.45) is 5.63. The number of carbonyl (C=O) groups excluding carboxylic acids is 2. The molecule has 2 aromatic carbocycles. The molecule has 1 fully saturated rings. The van der Waals surface area contributed by atoms with Gasteiger partial charge in [-0.3, -0.25) is 4.79 Å². The van der Waals surface area contributed by atoms with Crippen molar-refractivity contribution in [3.8, 4) is 17.6 Å². The molecule has 0 bridgehead atoms. The zero-order chi connectivity index (χ0) is 23.1. The fourth-order valence-electron chi connectivity index (χ4n) is 3.73. The number of amides is 1. The Morgan fingerprint density at radius 1 is 1.16 bits per heavy atom. The van der Waals surface area contributed by atoms with Gasteiger partial charge in [0.05, 0.1) is 12.7 Å². The average Bonchev–Trinajstić information content (AvgIpc) is 2.79. The van der Waals surface area contributed by atoms with Crippen LogP contribution in [-0.4, -0.2) is 25.0 Å². The lowest BCUT2D eigenvalue weighted by atomic mass is 9.86. The van der Waals surface area contributed by atoms with E-state index in [9.17, 15) is 19.2 Å². The van der Waals surface area contributed by atoms with E-state index in [0.29, 0.717) is 11.5 Å². The number of hydrogen-bond donors (Lipinski definition) is 1. The number of nitriles is 1. The van der Waals surface area contributed by atoms with Crippen LogP contribution >= 0.6 is 0 Å². The van der Waals surface area contributed by atoms with Gasteiger partial charge in [-0.25, -0.2) is 9.18 Å². The van der Waals surface area contributed by atoms with Crippen LogP contribution in [0.5, 0.6) is 11.5 Å². The second-order valence-corrected chi connectivity index (χ2v) is 7.79. The summed E-state index contributed by atoms with van der Waals surface area (Å²) in [6.45, 7) is 2.10. The molecule has 0 aromatic heterocycles. The van der Waals surface area contributed by atoms with Crippen molar-refractivity contribution in [1.29, 1.82) is 5.26 Å². The first-order valence-corrected chi connectivity index (χ1v) is 10.5. The third-order valence-corrected chi connectivity index (χ3v) is 5.59. The summed E-state index contributed by atoms with van der Waals surface area (Å²) in [5, 5.41) is 12.5. The lowest BCUT2D eigenvalue weighted by Gasteiger charge is -2.29. The summed E-state index contributed by atoms with van der Waals surface area (Å²) in [6, 6.07) is 12.1. The summed E-state index contributed by atoms with van der Waals surface area (Å²) in [7, 11) is 1.39. The van der Waals surface area contributed by atoms with Crippen molar-refractivity contribution in [3.63, 3.8) is 0 Å². The molecule has 7 heteroatoms. The molecule has 0 radical (unpaired) electrons. The number of nitrogens with one attached hydrogen (secondary N) is 1. The van der Waals surface area contributed by atoms with Crippen molar-refractivity contribution in [2.24, 2.45) is 5.92 Å². The van der Waals surface area contributed by atoms with Gasteiger partial charge >= 0.3 is 5.97 Å². The largest absolute Gasteiger partial charge is 0.493 e. The first kappa shape index (κ1) is 23.0. The summed E-state index contributed by atoms with van der Waals surface area (Å²) >= 11 is 0. The topological polar surface area (TPSA) is 88.4 Å². The van der Waals surface area contributed by atoms with Crippen LogP contribution in [-0.2, 0) is 4.79 Å². The van der Waals surface area contributed by atoms with Gasteiger partial charge in [0, 0.05) is 6.04 Å². The molecule has 1 saturated carbocycles. The Labute approximate surface area is 186 Å². The zero-order valence-corrected chi connectivity index (χ0v) is 18.1. The first-order valence-electron chi connectivity index (χ1n) is 10.5. The number of benzene rings is 2. The van der Waals surface area contributed by atoms with Gasteiger partial charge in [0.15, 0.2) is 11.5 Å². The molecule has 1 aliphatic carbocycles. The maximum absolute atomic E-state index is 13.8. The van der Waals surface area contributed by atoms with E-state index in [4.69, 9.17) is 9.47 Å². The van der Waals surface area contributed by atoms with Gasteiger partial charge in [-0.15, -0.1) is 0 Å². The highest BCUT2D eigenvalue weighted by Gasteiger charge is 2.24. The van der Waals surface area contributed by atoms with Crippen LogP contribution in [0, 0.1) is 23.1 Å². The van der Waals surface area contributed by atoms with E-state index in [0.717, 1.165) is 25.7 Å². The molecule has 0 aliphatic heterocycles. The molecule has 0 spiro atoms. The second-order valence-electron chi connectivity index (χ2n) is 7.79. The van der Waals surface area contributed by atoms with Crippen molar-refractivity contribution < 1.29 is 23.5 Å². The number of rotatable bonds is 6. The van der Waals surface area contributed by atoms with Gasteiger partial charge < -0.3 is 14.8 Å². The summed E-state index contributed by atoms with van der Waals surface area (Å²) in [5.74, 6) is -1.29. The smallest absolute Gasteiger partial charge is 0.346 e. The monoisotopic (exact) mass is 436 g/mol. The third kappa shape index (κ3) is 5.52.